The Morgan fingerprint density at radius 1 is 1.25 bits per heavy atom. The molecule has 0 amide bonds. The maximum Gasteiger partial charge on any atom is 0.0469 e. The van der Waals surface area contributed by atoms with Crippen LogP contribution in [0.3, 0.4) is 0 Å². The third kappa shape index (κ3) is 3.59. The van der Waals surface area contributed by atoms with Crippen LogP contribution in [0.4, 0.5) is 0 Å². The zero-order valence-electron chi connectivity index (χ0n) is 10.2. The second-order valence-corrected chi connectivity index (χ2v) is 5.33. The quantitative estimate of drug-likeness (QED) is 0.776. The van der Waals surface area contributed by atoms with E-state index in [0.717, 1.165) is 38.1 Å². The molecule has 1 heterocycles. The predicted octanol–water partition coefficient (Wildman–Crippen LogP) is 1.55. The highest BCUT2D eigenvalue weighted by atomic mass is 35.5. The van der Waals surface area contributed by atoms with Gasteiger partial charge in [0.25, 0.3) is 0 Å². The molecule has 2 fully saturated rings. The van der Waals surface area contributed by atoms with Crippen molar-refractivity contribution in [1.82, 2.24) is 5.32 Å². The molecule has 0 radical (unpaired) electrons. The Hall–Kier alpha value is 0.170. The number of hydrogen-bond acceptors (Lipinski definition) is 3. The summed E-state index contributed by atoms with van der Waals surface area (Å²) in [5, 5.41) is 3.70. The van der Waals surface area contributed by atoms with Gasteiger partial charge in [-0.15, -0.1) is 12.4 Å². The predicted molar refractivity (Wildman–Crippen MR) is 69.0 cm³/mol. The van der Waals surface area contributed by atoms with Gasteiger partial charge >= 0.3 is 0 Å². The molecule has 0 aromatic rings. The molecular formula is C12H25ClN2O. The Kier molecular flexibility index (Phi) is 5.51. The average molecular weight is 249 g/mol. The molecular weight excluding hydrogens is 224 g/mol. The van der Waals surface area contributed by atoms with Crippen molar-refractivity contribution in [3.63, 3.8) is 0 Å². The van der Waals surface area contributed by atoms with E-state index in [1.165, 1.54) is 25.7 Å². The first-order valence-electron chi connectivity index (χ1n) is 6.27. The number of rotatable bonds is 5. The summed E-state index contributed by atoms with van der Waals surface area (Å²) >= 11 is 0. The molecule has 1 saturated carbocycles. The highest BCUT2D eigenvalue weighted by Crippen LogP contribution is 2.39. The molecule has 3 nitrogen and oxygen atoms in total. The van der Waals surface area contributed by atoms with E-state index < -0.39 is 0 Å². The Morgan fingerprint density at radius 3 is 2.38 bits per heavy atom. The molecule has 1 unspecified atom stereocenters. The fraction of sp³-hybridized carbons (Fsp3) is 1.00. The number of nitrogens with two attached hydrogens (primary N) is 1. The summed E-state index contributed by atoms with van der Waals surface area (Å²) in [6.45, 7) is 6.04. The highest BCUT2D eigenvalue weighted by Gasteiger charge is 2.40. The van der Waals surface area contributed by atoms with E-state index in [9.17, 15) is 0 Å². The molecule has 0 spiro atoms. The lowest BCUT2D eigenvalue weighted by molar-refractivity contribution is 0.0633. The number of halogens is 1. The standard InChI is InChI=1S/C12H24N2O.ClH/c1-12(9-13,11-2-3-11)14-8-10-4-6-15-7-5-10;/h10-11,14H,2-9,13H2,1H3;1H. The van der Waals surface area contributed by atoms with Crippen LogP contribution in [0.1, 0.15) is 32.6 Å². The Morgan fingerprint density at radius 2 is 1.88 bits per heavy atom. The average Bonchev–Trinajstić information content (AvgIpc) is 3.11. The minimum atomic E-state index is 0. The monoisotopic (exact) mass is 248 g/mol. The molecule has 4 heteroatoms. The summed E-state index contributed by atoms with van der Waals surface area (Å²) in [6.07, 6.45) is 5.12. The SMILES string of the molecule is CC(CN)(NCC1CCOCC1)C1CC1.Cl. The van der Waals surface area contributed by atoms with Gasteiger partial charge in [-0.05, 0) is 51.0 Å². The van der Waals surface area contributed by atoms with Crippen molar-refractivity contribution < 1.29 is 4.74 Å². The van der Waals surface area contributed by atoms with E-state index in [-0.39, 0.29) is 17.9 Å². The van der Waals surface area contributed by atoms with Crippen molar-refractivity contribution in [2.75, 3.05) is 26.3 Å². The van der Waals surface area contributed by atoms with E-state index >= 15 is 0 Å². The second kappa shape index (κ2) is 6.20. The van der Waals surface area contributed by atoms with Gasteiger partial charge in [0.05, 0.1) is 0 Å². The van der Waals surface area contributed by atoms with Gasteiger partial charge in [0, 0.05) is 25.3 Å². The molecule has 96 valence electrons. The Labute approximate surface area is 105 Å². The van der Waals surface area contributed by atoms with Crippen molar-refractivity contribution in [1.29, 1.82) is 0 Å². The third-order valence-corrected chi connectivity index (χ3v) is 4.04. The summed E-state index contributed by atoms with van der Waals surface area (Å²) in [5.41, 5.74) is 6.07. The van der Waals surface area contributed by atoms with Crippen molar-refractivity contribution in [2.24, 2.45) is 17.6 Å². The van der Waals surface area contributed by atoms with Gasteiger partial charge in [0.2, 0.25) is 0 Å². The summed E-state index contributed by atoms with van der Waals surface area (Å²) < 4.78 is 5.37. The Balaban J connectivity index is 0.00000128. The van der Waals surface area contributed by atoms with Crippen LogP contribution in [0.25, 0.3) is 0 Å². The van der Waals surface area contributed by atoms with Crippen LogP contribution in [0.5, 0.6) is 0 Å². The molecule has 0 bridgehead atoms. The van der Waals surface area contributed by atoms with Gasteiger partial charge in [-0.1, -0.05) is 0 Å². The zero-order chi connectivity index (χ0) is 10.7. The van der Waals surface area contributed by atoms with Gasteiger partial charge in [0.15, 0.2) is 0 Å². The van der Waals surface area contributed by atoms with Crippen LogP contribution in [0.2, 0.25) is 0 Å². The molecule has 2 aliphatic rings. The van der Waals surface area contributed by atoms with Crippen LogP contribution in [0, 0.1) is 11.8 Å². The molecule has 2 rings (SSSR count). The van der Waals surface area contributed by atoms with Crippen LogP contribution in [-0.4, -0.2) is 31.8 Å². The summed E-state index contributed by atoms with van der Waals surface area (Å²) in [4.78, 5) is 0. The maximum absolute atomic E-state index is 5.88. The minimum Gasteiger partial charge on any atom is -0.381 e. The first kappa shape index (κ1) is 14.2. The van der Waals surface area contributed by atoms with E-state index in [2.05, 4.69) is 12.2 Å². The lowest BCUT2D eigenvalue weighted by atomic mass is 9.93. The van der Waals surface area contributed by atoms with Gasteiger partial charge in [-0.2, -0.15) is 0 Å². The van der Waals surface area contributed by atoms with E-state index in [4.69, 9.17) is 10.5 Å². The lowest BCUT2D eigenvalue weighted by Gasteiger charge is -2.33. The summed E-state index contributed by atoms with van der Waals surface area (Å²) in [5.74, 6) is 1.62. The smallest absolute Gasteiger partial charge is 0.0469 e. The number of hydrogen-bond donors (Lipinski definition) is 2. The number of ether oxygens (including phenoxy) is 1. The topological polar surface area (TPSA) is 47.3 Å². The van der Waals surface area contributed by atoms with Crippen molar-refractivity contribution in [3.8, 4) is 0 Å². The van der Waals surface area contributed by atoms with Crippen LogP contribution < -0.4 is 11.1 Å². The molecule has 16 heavy (non-hydrogen) atoms. The summed E-state index contributed by atoms with van der Waals surface area (Å²) in [7, 11) is 0. The first-order valence-corrected chi connectivity index (χ1v) is 6.27. The van der Waals surface area contributed by atoms with Crippen LogP contribution in [0.15, 0.2) is 0 Å². The molecule has 1 atom stereocenters. The first-order chi connectivity index (χ1) is 7.24. The van der Waals surface area contributed by atoms with Gasteiger partial charge in [0.1, 0.15) is 0 Å². The van der Waals surface area contributed by atoms with Crippen molar-refractivity contribution >= 4 is 12.4 Å². The van der Waals surface area contributed by atoms with E-state index in [1.54, 1.807) is 0 Å². The fourth-order valence-corrected chi connectivity index (χ4v) is 2.43. The zero-order valence-corrected chi connectivity index (χ0v) is 11.0. The third-order valence-electron chi connectivity index (χ3n) is 4.04. The van der Waals surface area contributed by atoms with Gasteiger partial charge in [-0.25, -0.2) is 0 Å². The fourth-order valence-electron chi connectivity index (χ4n) is 2.43. The number of nitrogens with one attached hydrogen (secondary N) is 1. The Bertz CT molecular complexity index is 205. The van der Waals surface area contributed by atoms with Crippen molar-refractivity contribution in [2.45, 2.75) is 38.1 Å². The molecule has 1 aliphatic heterocycles. The van der Waals surface area contributed by atoms with Gasteiger partial charge in [-0.3, -0.25) is 0 Å². The molecule has 0 aromatic carbocycles. The minimum absolute atomic E-state index is 0. The van der Waals surface area contributed by atoms with E-state index in [1.807, 2.05) is 0 Å². The normalized spacial score (nSPS) is 25.9. The highest BCUT2D eigenvalue weighted by molar-refractivity contribution is 5.85. The van der Waals surface area contributed by atoms with Crippen LogP contribution in [-0.2, 0) is 4.74 Å². The van der Waals surface area contributed by atoms with Crippen molar-refractivity contribution in [3.05, 3.63) is 0 Å². The largest absolute Gasteiger partial charge is 0.381 e. The molecule has 3 N–H and O–H groups in total. The van der Waals surface area contributed by atoms with Crippen LogP contribution >= 0.6 is 12.4 Å². The molecule has 1 aliphatic carbocycles. The maximum atomic E-state index is 5.88. The second-order valence-electron chi connectivity index (χ2n) is 5.33. The van der Waals surface area contributed by atoms with Gasteiger partial charge < -0.3 is 15.8 Å². The van der Waals surface area contributed by atoms with E-state index in [0.29, 0.717) is 0 Å². The molecule has 0 aromatic heterocycles. The summed E-state index contributed by atoms with van der Waals surface area (Å²) in [6, 6.07) is 0. The lowest BCUT2D eigenvalue weighted by Crippen LogP contribution is -2.52. The molecule has 1 saturated heterocycles.